The number of aromatic nitrogens is 1. The Labute approximate surface area is 116 Å². The maximum absolute atomic E-state index is 5.92. The van der Waals surface area contributed by atoms with Gasteiger partial charge in [-0.3, -0.25) is 4.90 Å². The molecule has 19 heavy (non-hydrogen) atoms. The van der Waals surface area contributed by atoms with E-state index in [1.54, 1.807) is 0 Å². The smallest absolute Gasteiger partial charge is 0.128 e. The van der Waals surface area contributed by atoms with Crippen molar-refractivity contribution in [1.82, 2.24) is 9.88 Å². The van der Waals surface area contributed by atoms with Gasteiger partial charge in [-0.2, -0.15) is 0 Å². The van der Waals surface area contributed by atoms with Crippen molar-refractivity contribution >= 4 is 5.82 Å². The van der Waals surface area contributed by atoms with Crippen LogP contribution in [0.5, 0.6) is 0 Å². The van der Waals surface area contributed by atoms with Gasteiger partial charge in [0.25, 0.3) is 0 Å². The molecule has 0 bridgehead atoms. The van der Waals surface area contributed by atoms with Crippen LogP contribution in [-0.2, 0) is 0 Å². The number of nitrogens with two attached hydrogens (primary N) is 1. The lowest BCUT2D eigenvalue weighted by atomic mass is 10.1. The fourth-order valence-corrected chi connectivity index (χ4v) is 2.75. The topological polar surface area (TPSA) is 45.4 Å². The van der Waals surface area contributed by atoms with Crippen molar-refractivity contribution < 1.29 is 0 Å². The summed E-state index contributed by atoms with van der Waals surface area (Å²) in [5.41, 5.74) is 5.92. The first-order valence-electron chi connectivity index (χ1n) is 7.45. The van der Waals surface area contributed by atoms with Gasteiger partial charge in [-0.15, -0.1) is 0 Å². The molecular weight excluding hydrogens is 236 g/mol. The van der Waals surface area contributed by atoms with E-state index in [1.807, 2.05) is 12.3 Å². The maximum atomic E-state index is 5.92. The number of hydrogen-bond donors (Lipinski definition) is 1. The largest absolute Gasteiger partial charge is 0.354 e. The summed E-state index contributed by atoms with van der Waals surface area (Å²) in [6.45, 7) is 7.33. The van der Waals surface area contributed by atoms with Gasteiger partial charge in [-0.1, -0.05) is 25.8 Å². The molecule has 1 atom stereocenters. The van der Waals surface area contributed by atoms with E-state index in [9.17, 15) is 0 Å². The van der Waals surface area contributed by atoms with Crippen LogP contribution in [0.25, 0.3) is 0 Å². The Morgan fingerprint density at radius 2 is 2.05 bits per heavy atom. The SMILES string of the molecule is CCCCC(CN)N1CCN(c2ccccn2)CC1. The van der Waals surface area contributed by atoms with Crippen molar-refractivity contribution in [2.45, 2.75) is 32.2 Å². The van der Waals surface area contributed by atoms with E-state index in [0.29, 0.717) is 6.04 Å². The van der Waals surface area contributed by atoms with Crippen LogP contribution in [0.3, 0.4) is 0 Å². The highest BCUT2D eigenvalue weighted by molar-refractivity contribution is 5.38. The van der Waals surface area contributed by atoms with Crippen LogP contribution in [-0.4, -0.2) is 48.6 Å². The molecule has 2 rings (SSSR count). The summed E-state index contributed by atoms with van der Waals surface area (Å²) in [5.74, 6) is 1.10. The first kappa shape index (κ1) is 14.3. The van der Waals surface area contributed by atoms with E-state index in [4.69, 9.17) is 5.73 Å². The second-order valence-corrected chi connectivity index (χ2v) is 5.24. The van der Waals surface area contributed by atoms with E-state index >= 15 is 0 Å². The summed E-state index contributed by atoms with van der Waals surface area (Å²) in [4.78, 5) is 9.34. The second-order valence-electron chi connectivity index (χ2n) is 5.24. The Morgan fingerprint density at radius 1 is 1.26 bits per heavy atom. The van der Waals surface area contributed by atoms with Crippen LogP contribution < -0.4 is 10.6 Å². The van der Waals surface area contributed by atoms with Gasteiger partial charge in [-0.05, 0) is 18.6 Å². The number of unbranched alkanes of at least 4 members (excludes halogenated alkanes) is 1. The third-order valence-corrected chi connectivity index (χ3v) is 3.97. The molecular formula is C15H26N4. The van der Waals surface area contributed by atoms with Crippen molar-refractivity contribution in [2.24, 2.45) is 5.73 Å². The van der Waals surface area contributed by atoms with Crippen LogP contribution in [0.4, 0.5) is 5.82 Å². The highest BCUT2D eigenvalue weighted by Crippen LogP contribution is 2.15. The van der Waals surface area contributed by atoms with Crippen molar-refractivity contribution in [3.05, 3.63) is 24.4 Å². The molecule has 4 heteroatoms. The standard InChI is InChI=1S/C15H26N4/c1-2-3-6-14(13-16)18-9-11-19(12-10-18)15-7-4-5-8-17-15/h4-5,7-8,14H,2-3,6,9-13,16H2,1H3. The lowest BCUT2D eigenvalue weighted by Crippen LogP contribution is -2.52. The Bertz CT molecular complexity index is 346. The number of piperazine rings is 1. The van der Waals surface area contributed by atoms with Gasteiger partial charge < -0.3 is 10.6 Å². The maximum Gasteiger partial charge on any atom is 0.128 e. The highest BCUT2D eigenvalue weighted by atomic mass is 15.3. The van der Waals surface area contributed by atoms with Gasteiger partial charge in [0.15, 0.2) is 0 Å². The lowest BCUT2D eigenvalue weighted by Gasteiger charge is -2.39. The molecule has 0 aromatic carbocycles. The molecule has 2 heterocycles. The summed E-state index contributed by atoms with van der Waals surface area (Å²) in [6, 6.07) is 6.67. The summed E-state index contributed by atoms with van der Waals surface area (Å²) in [6.07, 6.45) is 5.63. The first-order valence-corrected chi connectivity index (χ1v) is 7.45. The summed E-state index contributed by atoms with van der Waals surface area (Å²) in [7, 11) is 0. The van der Waals surface area contributed by atoms with Crippen LogP contribution in [0.15, 0.2) is 24.4 Å². The van der Waals surface area contributed by atoms with E-state index in [-0.39, 0.29) is 0 Å². The number of anilines is 1. The minimum absolute atomic E-state index is 0.561. The lowest BCUT2D eigenvalue weighted by molar-refractivity contribution is 0.177. The molecule has 4 nitrogen and oxygen atoms in total. The van der Waals surface area contributed by atoms with Crippen LogP contribution in [0, 0.1) is 0 Å². The molecule has 0 amide bonds. The van der Waals surface area contributed by atoms with E-state index in [0.717, 1.165) is 38.5 Å². The number of pyridine rings is 1. The number of hydrogen-bond acceptors (Lipinski definition) is 4. The van der Waals surface area contributed by atoms with Crippen molar-refractivity contribution in [1.29, 1.82) is 0 Å². The summed E-state index contributed by atoms with van der Waals surface area (Å²) < 4.78 is 0. The zero-order valence-electron chi connectivity index (χ0n) is 12.0. The average Bonchev–Trinajstić information content (AvgIpc) is 2.49. The van der Waals surface area contributed by atoms with Gasteiger partial charge >= 0.3 is 0 Å². The van der Waals surface area contributed by atoms with Crippen molar-refractivity contribution in [3.8, 4) is 0 Å². The molecule has 2 N–H and O–H groups in total. The molecule has 0 radical (unpaired) electrons. The number of nitrogens with zero attached hydrogens (tertiary/aromatic N) is 3. The third kappa shape index (κ3) is 3.91. The molecule has 1 aliphatic heterocycles. The quantitative estimate of drug-likeness (QED) is 0.848. The zero-order chi connectivity index (χ0) is 13.5. The van der Waals surface area contributed by atoms with Gasteiger partial charge in [-0.25, -0.2) is 4.98 Å². The fourth-order valence-electron chi connectivity index (χ4n) is 2.75. The predicted molar refractivity (Wildman–Crippen MR) is 80.4 cm³/mol. The highest BCUT2D eigenvalue weighted by Gasteiger charge is 2.22. The van der Waals surface area contributed by atoms with Gasteiger partial charge in [0.2, 0.25) is 0 Å². The van der Waals surface area contributed by atoms with Crippen molar-refractivity contribution in [3.63, 3.8) is 0 Å². The van der Waals surface area contributed by atoms with Crippen LogP contribution in [0.2, 0.25) is 0 Å². The third-order valence-electron chi connectivity index (χ3n) is 3.97. The Kier molecular flexibility index (Phi) is 5.61. The molecule has 0 saturated carbocycles. The Hall–Kier alpha value is -1.13. The molecule has 1 unspecified atom stereocenters. The van der Waals surface area contributed by atoms with Crippen molar-refractivity contribution in [2.75, 3.05) is 37.6 Å². The zero-order valence-corrected chi connectivity index (χ0v) is 12.0. The average molecular weight is 262 g/mol. The number of rotatable bonds is 6. The molecule has 1 aliphatic rings. The monoisotopic (exact) mass is 262 g/mol. The molecule has 0 spiro atoms. The van der Waals surface area contributed by atoms with Gasteiger partial charge in [0.1, 0.15) is 5.82 Å². The predicted octanol–water partition coefficient (Wildman–Crippen LogP) is 1.72. The first-order chi connectivity index (χ1) is 9.35. The molecule has 1 aromatic heterocycles. The minimum atomic E-state index is 0.561. The molecule has 1 fully saturated rings. The fraction of sp³-hybridized carbons (Fsp3) is 0.667. The van der Waals surface area contributed by atoms with E-state index in [2.05, 4.69) is 33.8 Å². The van der Waals surface area contributed by atoms with Gasteiger partial charge in [0, 0.05) is 45.0 Å². The second kappa shape index (κ2) is 7.46. The summed E-state index contributed by atoms with van der Waals surface area (Å²) >= 11 is 0. The summed E-state index contributed by atoms with van der Waals surface area (Å²) in [5, 5.41) is 0. The normalized spacial score (nSPS) is 18.5. The molecule has 106 valence electrons. The molecule has 1 saturated heterocycles. The van der Waals surface area contributed by atoms with E-state index < -0.39 is 0 Å². The Balaban J connectivity index is 1.84. The molecule has 1 aromatic rings. The van der Waals surface area contributed by atoms with E-state index in [1.165, 1.54) is 19.3 Å². The Morgan fingerprint density at radius 3 is 2.63 bits per heavy atom. The van der Waals surface area contributed by atoms with Gasteiger partial charge in [0.05, 0.1) is 0 Å². The van der Waals surface area contributed by atoms with Crippen LogP contribution in [0.1, 0.15) is 26.2 Å². The molecule has 0 aliphatic carbocycles. The van der Waals surface area contributed by atoms with Crippen LogP contribution >= 0.6 is 0 Å². The minimum Gasteiger partial charge on any atom is -0.354 e.